The van der Waals surface area contributed by atoms with E-state index in [0.29, 0.717) is 0 Å². The molecule has 0 unspecified atom stereocenters. The minimum Gasteiger partial charge on any atom is -0.350 e. The van der Waals surface area contributed by atoms with Crippen molar-refractivity contribution in [2.45, 2.75) is 26.4 Å². The highest BCUT2D eigenvalue weighted by molar-refractivity contribution is 5.94. The highest BCUT2D eigenvalue weighted by Crippen LogP contribution is 2.10. The number of hydrogen-bond donors (Lipinski definition) is 1. The van der Waals surface area contributed by atoms with Crippen LogP contribution in [-0.4, -0.2) is 55.0 Å². The second-order valence-corrected chi connectivity index (χ2v) is 5.90. The molecule has 1 aromatic rings. The summed E-state index contributed by atoms with van der Waals surface area (Å²) in [5, 5.41) is 2.91. The van der Waals surface area contributed by atoms with Crippen LogP contribution in [0.3, 0.4) is 0 Å². The molecule has 0 spiro atoms. The highest BCUT2D eigenvalue weighted by Gasteiger charge is 2.14. The lowest BCUT2D eigenvalue weighted by Crippen LogP contribution is -2.43. The van der Waals surface area contributed by atoms with Gasteiger partial charge in [0.05, 0.1) is 0 Å². The van der Waals surface area contributed by atoms with E-state index in [2.05, 4.69) is 34.3 Å². The molecule has 0 saturated carbocycles. The molecule has 0 aliphatic carbocycles. The van der Waals surface area contributed by atoms with E-state index in [4.69, 9.17) is 0 Å². The molecule has 1 fully saturated rings. The predicted octanol–water partition coefficient (Wildman–Crippen LogP) is 1.57. The first kappa shape index (κ1) is 15.0. The number of benzene rings is 1. The Bertz CT molecular complexity index is 434. The van der Waals surface area contributed by atoms with Gasteiger partial charge in [0.1, 0.15) is 0 Å². The van der Waals surface area contributed by atoms with Gasteiger partial charge >= 0.3 is 0 Å². The third kappa shape index (κ3) is 4.32. The zero-order chi connectivity index (χ0) is 14.5. The van der Waals surface area contributed by atoms with Crippen molar-refractivity contribution in [3.63, 3.8) is 0 Å². The van der Waals surface area contributed by atoms with Crippen LogP contribution >= 0.6 is 0 Å². The second-order valence-electron chi connectivity index (χ2n) is 5.90. The van der Waals surface area contributed by atoms with Crippen LogP contribution in [0.1, 0.15) is 29.8 Å². The summed E-state index contributed by atoms with van der Waals surface area (Å²) in [4.78, 5) is 16.7. The summed E-state index contributed by atoms with van der Waals surface area (Å²) in [6, 6.07) is 8.14. The number of carbonyl (C=O) groups excluding carboxylic acids is 1. The van der Waals surface area contributed by atoms with Crippen molar-refractivity contribution in [2.24, 2.45) is 0 Å². The second kappa shape index (κ2) is 6.86. The Morgan fingerprint density at radius 1 is 1.15 bits per heavy atom. The Hall–Kier alpha value is -1.39. The van der Waals surface area contributed by atoms with Crippen molar-refractivity contribution in [1.82, 2.24) is 15.1 Å². The normalized spacial score (nSPS) is 17.4. The first-order valence-electron chi connectivity index (χ1n) is 7.35. The number of hydrogen-bond acceptors (Lipinski definition) is 3. The Balaban J connectivity index is 1.90. The summed E-state index contributed by atoms with van der Waals surface area (Å²) in [6.45, 7) is 9.42. The molecule has 2 rings (SSSR count). The smallest absolute Gasteiger partial charge is 0.251 e. The van der Waals surface area contributed by atoms with Crippen molar-refractivity contribution in [2.75, 3.05) is 33.2 Å². The SMILES string of the molecule is CC(C)NC(=O)c1ccc(CN2CCN(C)CC2)cc1. The maximum atomic E-state index is 11.9. The predicted molar refractivity (Wildman–Crippen MR) is 81.8 cm³/mol. The van der Waals surface area contributed by atoms with Crippen LogP contribution in [0, 0.1) is 0 Å². The van der Waals surface area contributed by atoms with E-state index in [-0.39, 0.29) is 11.9 Å². The van der Waals surface area contributed by atoms with E-state index >= 15 is 0 Å². The topological polar surface area (TPSA) is 35.6 Å². The van der Waals surface area contributed by atoms with E-state index in [1.807, 2.05) is 26.0 Å². The van der Waals surface area contributed by atoms with Gasteiger partial charge in [-0.1, -0.05) is 12.1 Å². The number of rotatable bonds is 4. The van der Waals surface area contributed by atoms with Gasteiger partial charge in [0.25, 0.3) is 5.91 Å². The molecule has 1 aliphatic rings. The molecule has 1 heterocycles. The van der Waals surface area contributed by atoms with Gasteiger partial charge in [-0.05, 0) is 38.6 Å². The van der Waals surface area contributed by atoms with Gasteiger partial charge in [-0.25, -0.2) is 0 Å². The van der Waals surface area contributed by atoms with E-state index in [1.165, 1.54) is 5.56 Å². The molecular formula is C16H25N3O. The minimum atomic E-state index is 0.00569. The largest absolute Gasteiger partial charge is 0.350 e. The van der Waals surface area contributed by atoms with Crippen LogP contribution in [0.4, 0.5) is 0 Å². The van der Waals surface area contributed by atoms with Gasteiger partial charge in [0.2, 0.25) is 0 Å². The van der Waals surface area contributed by atoms with Crippen molar-refractivity contribution >= 4 is 5.91 Å². The number of nitrogens with one attached hydrogen (secondary N) is 1. The standard InChI is InChI=1S/C16H25N3O/c1-13(2)17-16(20)15-6-4-14(5-7-15)12-19-10-8-18(3)9-11-19/h4-7,13H,8-12H2,1-3H3,(H,17,20). The number of carbonyl (C=O) groups is 1. The molecule has 1 saturated heterocycles. The van der Waals surface area contributed by atoms with Crippen LogP contribution < -0.4 is 5.32 Å². The molecule has 20 heavy (non-hydrogen) atoms. The van der Waals surface area contributed by atoms with Gasteiger partial charge in [-0.2, -0.15) is 0 Å². The summed E-state index contributed by atoms with van der Waals surface area (Å²) >= 11 is 0. The maximum absolute atomic E-state index is 11.9. The number of nitrogens with zero attached hydrogens (tertiary/aromatic N) is 2. The van der Waals surface area contributed by atoms with Crippen molar-refractivity contribution in [1.29, 1.82) is 0 Å². The highest BCUT2D eigenvalue weighted by atomic mass is 16.1. The summed E-state index contributed by atoms with van der Waals surface area (Å²) < 4.78 is 0. The molecule has 0 atom stereocenters. The average molecular weight is 275 g/mol. The lowest BCUT2D eigenvalue weighted by atomic mass is 10.1. The lowest BCUT2D eigenvalue weighted by Gasteiger charge is -2.32. The molecule has 0 bridgehead atoms. The Kier molecular flexibility index (Phi) is 5.15. The fourth-order valence-electron chi connectivity index (χ4n) is 2.37. The molecule has 1 aliphatic heterocycles. The molecule has 1 amide bonds. The zero-order valence-corrected chi connectivity index (χ0v) is 12.7. The molecule has 4 nitrogen and oxygen atoms in total. The summed E-state index contributed by atoms with van der Waals surface area (Å²) in [5.74, 6) is 0.00569. The molecule has 1 N–H and O–H groups in total. The number of amides is 1. The molecule has 4 heteroatoms. The summed E-state index contributed by atoms with van der Waals surface area (Å²) in [6.07, 6.45) is 0. The number of likely N-dealkylation sites (N-methyl/N-ethyl adjacent to an activating group) is 1. The molecule has 0 radical (unpaired) electrons. The van der Waals surface area contributed by atoms with E-state index in [1.54, 1.807) is 0 Å². The van der Waals surface area contributed by atoms with Crippen LogP contribution in [0.2, 0.25) is 0 Å². The monoisotopic (exact) mass is 275 g/mol. The minimum absolute atomic E-state index is 0.00569. The van der Waals surface area contributed by atoms with Gasteiger partial charge in [0.15, 0.2) is 0 Å². The average Bonchev–Trinajstić information content (AvgIpc) is 2.41. The first-order chi connectivity index (χ1) is 9.54. The lowest BCUT2D eigenvalue weighted by molar-refractivity contribution is 0.0943. The third-order valence-corrected chi connectivity index (χ3v) is 3.64. The van der Waals surface area contributed by atoms with Gasteiger partial charge in [0, 0.05) is 44.3 Å². The molecule has 110 valence electrons. The van der Waals surface area contributed by atoms with Crippen molar-refractivity contribution in [3.05, 3.63) is 35.4 Å². The van der Waals surface area contributed by atoms with Crippen molar-refractivity contribution in [3.8, 4) is 0 Å². The summed E-state index contributed by atoms with van der Waals surface area (Å²) in [5.41, 5.74) is 2.01. The van der Waals surface area contributed by atoms with E-state index < -0.39 is 0 Å². The van der Waals surface area contributed by atoms with Crippen molar-refractivity contribution < 1.29 is 4.79 Å². The quantitative estimate of drug-likeness (QED) is 0.906. The third-order valence-electron chi connectivity index (χ3n) is 3.64. The Morgan fingerprint density at radius 2 is 1.75 bits per heavy atom. The van der Waals surface area contributed by atoms with Gasteiger partial charge in [-0.15, -0.1) is 0 Å². The Labute approximate surface area is 121 Å². The molecule has 1 aromatic carbocycles. The van der Waals surface area contributed by atoms with Gasteiger partial charge < -0.3 is 10.2 Å². The fraction of sp³-hybridized carbons (Fsp3) is 0.562. The maximum Gasteiger partial charge on any atom is 0.251 e. The van der Waals surface area contributed by atoms with E-state index in [0.717, 1.165) is 38.3 Å². The van der Waals surface area contributed by atoms with Crippen LogP contribution in [0.25, 0.3) is 0 Å². The molecule has 0 aromatic heterocycles. The Morgan fingerprint density at radius 3 is 2.30 bits per heavy atom. The fourth-order valence-corrected chi connectivity index (χ4v) is 2.37. The molecular weight excluding hydrogens is 250 g/mol. The first-order valence-corrected chi connectivity index (χ1v) is 7.35. The van der Waals surface area contributed by atoms with Crippen LogP contribution in [0.15, 0.2) is 24.3 Å². The van der Waals surface area contributed by atoms with E-state index in [9.17, 15) is 4.79 Å². The van der Waals surface area contributed by atoms with Crippen LogP contribution in [-0.2, 0) is 6.54 Å². The zero-order valence-electron chi connectivity index (χ0n) is 12.7. The number of piperazine rings is 1. The van der Waals surface area contributed by atoms with Gasteiger partial charge in [-0.3, -0.25) is 9.69 Å². The summed E-state index contributed by atoms with van der Waals surface area (Å²) in [7, 11) is 2.17. The van der Waals surface area contributed by atoms with Crippen LogP contribution in [0.5, 0.6) is 0 Å².